The highest BCUT2D eigenvalue weighted by Gasteiger charge is 2.22. The third-order valence-electron chi connectivity index (χ3n) is 3.60. The van der Waals surface area contributed by atoms with E-state index in [1.165, 1.54) is 38.5 Å². The Balaban J connectivity index is 2.32. The number of carboxylic acids is 1. The van der Waals surface area contributed by atoms with Crippen molar-refractivity contribution >= 4 is 5.97 Å². The van der Waals surface area contributed by atoms with Crippen LogP contribution in [-0.4, -0.2) is 23.7 Å². The Morgan fingerprint density at radius 1 is 1.25 bits per heavy atom. The third-order valence-corrected chi connectivity index (χ3v) is 3.60. The first kappa shape index (κ1) is 13.5. The van der Waals surface area contributed by atoms with Crippen LogP contribution < -0.4 is 5.32 Å². The van der Waals surface area contributed by atoms with Gasteiger partial charge >= 0.3 is 5.97 Å². The fourth-order valence-corrected chi connectivity index (χ4v) is 2.39. The predicted molar refractivity (Wildman–Crippen MR) is 65.5 cm³/mol. The average Bonchev–Trinajstić information content (AvgIpc) is 2.45. The van der Waals surface area contributed by atoms with Gasteiger partial charge in [-0.25, -0.2) is 0 Å². The van der Waals surface area contributed by atoms with Gasteiger partial charge in [-0.3, -0.25) is 4.79 Å². The largest absolute Gasteiger partial charge is 0.481 e. The summed E-state index contributed by atoms with van der Waals surface area (Å²) in [4.78, 5) is 11.0. The molecule has 0 aliphatic heterocycles. The van der Waals surface area contributed by atoms with E-state index in [1.54, 1.807) is 0 Å². The zero-order chi connectivity index (χ0) is 12.0. The lowest BCUT2D eigenvalue weighted by Gasteiger charge is -2.21. The molecule has 0 saturated heterocycles. The van der Waals surface area contributed by atoms with Gasteiger partial charge in [0, 0.05) is 12.6 Å². The highest BCUT2D eigenvalue weighted by Crippen LogP contribution is 2.18. The molecule has 1 unspecified atom stereocenters. The second kappa shape index (κ2) is 6.89. The van der Waals surface area contributed by atoms with E-state index in [0.29, 0.717) is 12.6 Å². The summed E-state index contributed by atoms with van der Waals surface area (Å²) < 4.78 is 0. The van der Waals surface area contributed by atoms with Gasteiger partial charge in [-0.15, -0.1) is 0 Å². The first-order valence-electron chi connectivity index (χ1n) is 6.57. The van der Waals surface area contributed by atoms with Crippen LogP contribution in [0.15, 0.2) is 0 Å². The monoisotopic (exact) mass is 227 g/mol. The van der Waals surface area contributed by atoms with Crippen molar-refractivity contribution in [2.45, 2.75) is 58.4 Å². The van der Waals surface area contributed by atoms with Crippen molar-refractivity contribution in [2.24, 2.45) is 11.8 Å². The Bertz CT molecular complexity index is 208. The van der Waals surface area contributed by atoms with Crippen molar-refractivity contribution in [3.63, 3.8) is 0 Å². The fourth-order valence-electron chi connectivity index (χ4n) is 2.39. The number of hydrogen-bond donors (Lipinski definition) is 2. The number of nitrogens with one attached hydrogen (secondary N) is 1. The Morgan fingerprint density at radius 2 is 1.81 bits per heavy atom. The first-order valence-corrected chi connectivity index (χ1v) is 6.57. The van der Waals surface area contributed by atoms with Gasteiger partial charge in [-0.2, -0.15) is 0 Å². The molecule has 1 atom stereocenters. The van der Waals surface area contributed by atoms with Crippen molar-refractivity contribution in [1.29, 1.82) is 0 Å². The van der Waals surface area contributed by atoms with Crippen molar-refractivity contribution in [1.82, 2.24) is 5.32 Å². The summed E-state index contributed by atoms with van der Waals surface area (Å²) in [6.45, 7) is 4.58. The maximum atomic E-state index is 11.0. The summed E-state index contributed by atoms with van der Waals surface area (Å²) in [5.41, 5.74) is 0. The van der Waals surface area contributed by atoms with Crippen molar-refractivity contribution < 1.29 is 9.90 Å². The first-order chi connectivity index (χ1) is 7.61. The van der Waals surface area contributed by atoms with Crippen molar-refractivity contribution in [3.05, 3.63) is 0 Å². The Hall–Kier alpha value is -0.570. The van der Waals surface area contributed by atoms with Crippen LogP contribution in [0.4, 0.5) is 0 Å². The predicted octanol–water partition coefficient (Wildman–Crippen LogP) is 2.66. The summed E-state index contributed by atoms with van der Waals surface area (Å²) >= 11 is 0. The minimum absolute atomic E-state index is 0.204. The normalized spacial score (nSPS) is 20.7. The summed E-state index contributed by atoms with van der Waals surface area (Å²) in [6, 6.07) is 0.545. The van der Waals surface area contributed by atoms with Crippen molar-refractivity contribution in [2.75, 3.05) is 6.54 Å². The third kappa shape index (κ3) is 4.52. The molecule has 0 aromatic rings. The van der Waals surface area contributed by atoms with Crippen LogP contribution in [0.1, 0.15) is 52.4 Å². The molecule has 1 saturated carbocycles. The van der Waals surface area contributed by atoms with E-state index >= 15 is 0 Å². The van der Waals surface area contributed by atoms with E-state index < -0.39 is 5.97 Å². The van der Waals surface area contributed by atoms with Gasteiger partial charge in [-0.1, -0.05) is 39.5 Å². The van der Waals surface area contributed by atoms with Crippen LogP contribution in [0.25, 0.3) is 0 Å². The van der Waals surface area contributed by atoms with Crippen LogP contribution in [0, 0.1) is 11.8 Å². The molecule has 1 aliphatic rings. The molecule has 0 radical (unpaired) electrons. The summed E-state index contributed by atoms with van der Waals surface area (Å²) in [7, 11) is 0. The zero-order valence-corrected chi connectivity index (χ0v) is 10.5. The minimum Gasteiger partial charge on any atom is -0.481 e. The molecule has 1 fully saturated rings. The second-order valence-electron chi connectivity index (χ2n) is 5.29. The van der Waals surface area contributed by atoms with Gasteiger partial charge in [0.2, 0.25) is 0 Å². The number of aliphatic carboxylic acids is 1. The molecular weight excluding hydrogens is 202 g/mol. The molecule has 3 nitrogen and oxygen atoms in total. The van der Waals surface area contributed by atoms with E-state index in [0.717, 1.165) is 0 Å². The molecular formula is C13H25NO2. The highest BCUT2D eigenvalue weighted by molar-refractivity contribution is 5.70. The van der Waals surface area contributed by atoms with Crippen LogP contribution >= 0.6 is 0 Å². The van der Waals surface area contributed by atoms with Gasteiger partial charge in [0.25, 0.3) is 0 Å². The summed E-state index contributed by atoms with van der Waals surface area (Å²) in [5.74, 6) is -0.713. The second-order valence-corrected chi connectivity index (χ2v) is 5.29. The molecule has 0 heterocycles. The maximum absolute atomic E-state index is 11.0. The quantitative estimate of drug-likeness (QED) is 0.710. The summed E-state index contributed by atoms with van der Waals surface area (Å²) in [6.07, 6.45) is 7.68. The van der Waals surface area contributed by atoms with Gasteiger partial charge in [0.1, 0.15) is 0 Å². The molecule has 1 rings (SSSR count). The number of hydrogen-bond acceptors (Lipinski definition) is 2. The summed E-state index contributed by atoms with van der Waals surface area (Å²) in [5, 5.41) is 12.5. The molecule has 1 aliphatic carbocycles. The van der Waals surface area contributed by atoms with Gasteiger partial charge in [0.15, 0.2) is 0 Å². The number of rotatable bonds is 5. The fraction of sp³-hybridized carbons (Fsp3) is 0.923. The molecule has 0 bridgehead atoms. The standard InChI is InChI=1S/C13H25NO2/c1-10(2)12(13(15)16)9-14-11-7-5-3-4-6-8-11/h10-12,14H,3-9H2,1-2H3,(H,15,16). The Labute approximate surface area is 98.6 Å². The lowest BCUT2D eigenvalue weighted by Crippen LogP contribution is -2.37. The number of carbonyl (C=O) groups is 1. The van der Waals surface area contributed by atoms with E-state index in [4.69, 9.17) is 5.11 Å². The zero-order valence-electron chi connectivity index (χ0n) is 10.5. The molecule has 0 aromatic carbocycles. The lowest BCUT2D eigenvalue weighted by atomic mass is 9.95. The molecule has 2 N–H and O–H groups in total. The SMILES string of the molecule is CC(C)C(CNC1CCCCCC1)C(=O)O. The molecule has 94 valence electrons. The molecule has 0 amide bonds. The molecule has 16 heavy (non-hydrogen) atoms. The number of carboxylic acid groups (broad SMARTS) is 1. The van der Waals surface area contributed by atoms with Crippen molar-refractivity contribution in [3.8, 4) is 0 Å². The van der Waals surface area contributed by atoms with E-state index in [1.807, 2.05) is 13.8 Å². The van der Waals surface area contributed by atoms with Gasteiger partial charge in [0.05, 0.1) is 5.92 Å². The minimum atomic E-state index is -0.670. The molecule has 0 spiro atoms. The lowest BCUT2D eigenvalue weighted by molar-refractivity contribution is -0.143. The topological polar surface area (TPSA) is 49.3 Å². The Morgan fingerprint density at radius 3 is 2.25 bits per heavy atom. The average molecular weight is 227 g/mol. The Kier molecular flexibility index (Phi) is 5.81. The van der Waals surface area contributed by atoms with Gasteiger partial charge < -0.3 is 10.4 Å². The molecule has 0 aromatic heterocycles. The van der Waals surface area contributed by atoms with E-state index in [2.05, 4.69) is 5.32 Å². The molecule has 3 heteroatoms. The maximum Gasteiger partial charge on any atom is 0.308 e. The highest BCUT2D eigenvalue weighted by atomic mass is 16.4. The van der Waals surface area contributed by atoms with Crippen LogP contribution in [0.2, 0.25) is 0 Å². The van der Waals surface area contributed by atoms with E-state index in [-0.39, 0.29) is 11.8 Å². The smallest absolute Gasteiger partial charge is 0.308 e. The van der Waals surface area contributed by atoms with E-state index in [9.17, 15) is 4.79 Å². The van der Waals surface area contributed by atoms with Crippen LogP contribution in [0.5, 0.6) is 0 Å². The van der Waals surface area contributed by atoms with Gasteiger partial charge in [-0.05, 0) is 18.8 Å². The van der Waals surface area contributed by atoms with Crippen LogP contribution in [0.3, 0.4) is 0 Å². The van der Waals surface area contributed by atoms with Crippen LogP contribution in [-0.2, 0) is 4.79 Å².